The van der Waals surface area contributed by atoms with E-state index in [1.165, 1.54) is 12.1 Å². The molecule has 2 rings (SSSR count). The van der Waals surface area contributed by atoms with Crippen molar-refractivity contribution in [3.05, 3.63) is 39.5 Å². The molecule has 0 bridgehead atoms. The highest BCUT2D eigenvalue weighted by Gasteiger charge is 2.11. The first-order chi connectivity index (χ1) is 8.47. The summed E-state index contributed by atoms with van der Waals surface area (Å²) in [6.45, 7) is 1.68. The number of aromatic nitrogens is 2. The lowest BCUT2D eigenvalue weighted by atomic mass is 10.3. The van der Waals surface area contributed by atoms with E-state index in [2.05, 4.69) is 25.9 Å². The van der Waals surface area contributed by atoms with Crippen molar-refractivity contribution in [2.24, 2.45) is 0 Å². The van der Waals surface area contributed by atoms with E-state index in [9.17, 15) is 4.39 Å². The van der Waals surface area contributed by atoms with Gasteiger partial charge in [0.05, 0.1) is 10.2 Å². The van der Waals surface area contributed by atoms with Crippen LogP contribution in [0.3, 0.4) is 0 Å². The largest absolute Gasteiger partial charge is 0.437 e. The number of aryl methyl sites for hydroxylation is 1. The number of anilines is 1. The van der Waals surface area contributed by atoms with E-state index < -0.39 is 5.82 Å². The Morgan fingerprint density at radius 1 is 1.39 bits per heavy atom. The molecular formula is C11H8BrClFN3O. The second-order valence-electron chi connectivity index (χ2n) is 3.47. The second kappa shape index (κ2) is 5.07. The van der Waals surface area contributed by atoms with Crippen LogP contribution in [-0.4, -0.2) is 9.97 Å². The van der Waals surface area contributed by atoms with Crippen LogP contribution in [0.1, 0.15) is 5.69 Å². The first-order valence-corrected chi connectivity index (χ1v) is 6.07. The summed E-state index contributed by atoms with van der Waals surface area (Å²) in [4.78, 5) is 7.73. The topological polar surface area (TPSA) is 61.0 Å². The van der Waals surface area contributed by atoms with Crippen molar-refractivity contribution >= 4 is 33.2 Å². The van der Waals surface area contributed by atoms with Gasteiger partial charge in [-0.15, -0.1) is 0 Å². The van der Waals surface area contributed by atoms with E-state index in [0.29, 0.717) is 10.2 Å². The maximum absolute atomic E-state index is 13.3. The van der Waals surface area contributed by atoms with Crippen molar-refractivity contribution in [3.63, 3.8) is 0 Å². The second-order valence-corrected chi connectivity index (χ2v) is 4.67. The molecule has 0 unspecified atom stereocenters. The third-order valence-electron chi connectivity index (χ3n) is 2.18. The highest BCUT2D eigenvalue weighted by atomic mass is 79.9. The van der Waals surface area contributed by atoms with Crippen molar-refractivity contribution in [3.8, 4) is 11.6 Å². The fraction of sp³-hybridized carbons (Fsp3) is 0.0909. The SMILES string of the molecule is Cc1nc(Cl)nc(Oc2ccc(Br)c(F)c2)c1N. The maximum atomic E-state index is 13.3. The van der Waals surface area contributed by atoms with Gasteiger partial charge < -0.3 is 10.5 Å². The third kappa shape index (κ3) is 2.70. The van der Waals surface area contributed by atoms with E-state index in [0.717, 1.165) is 0 Å². The van der Waals surface area contributed by atoms with Crippen molar-refractivity contribution in [1.29, 1.82) is 0 Å². The molecule has 4 nitrogen and oxygen atoms in total. The minimum Gasteiger partial charge on any atom is -0.437 e. The molecule has 0 aliphatic rings. The van der Waals surface area contributed by atoms with E-state index in [1.54, 1.807) is 13.0 Å². The summed E-state index contributed by atoms with van der Waals surface area (Å²) >= 11 is 8.76. The molecule has 0 saturated carbocycles. The Morgan fingerprint density at radius 3 is 2.78 bits per heavy atom. The first kappa shape index (κ1) is 13.0. The minimum atomic E-state index is -0.442. The van der Waals surface area contributed by atoms with Gasteiger partial charge in [0, 0.05) is 6.07 Å². The molecule has 1 aromatic heterocycles. The molecule has 18 heavy (non-hydrogen) atoms. The number of nitrogen functional groups attached to an aromatic ring is 1. The molecule has 94 valence electrons. The highest BCUT2D eigenvalue weighted by Crippen LogP contribution is 2.29. The van der Waals surface area contributed by atoms with Gasteiger partial charge in [-0.05, 0) is 46.6 Å². The zero-order valence-electron chi connectivity index (χ0n) is 9.25. The van der Waals surface area contributed by atoms with Crippen molar-refractivity contribution < 1.29 is 9.13 Å². The van der Waals surface area contributed by atoms with Gasteiger partial charge in [-0.3, -0.25) is 0 Å². The summed E-state index contributed by atoms with van der Waals surface area (Å²) in [7, 11) is 0. The molecule has 2 aromatic rings. The van der Waals surface area contributed by atoms with Gasteiger partial charge in [-0.2, -0.15) is 4.98 Å². The average molecular weight is 333 g/mol. The number of nitrogens with two attached hydrogens (primary N) is 1. The molecule has 0 radical (unpaired) electrons. The lowest BCUT2D eigenvalue weighted by Crippen LogP contribution is -2.01. The van der Waals surface area contributed by atoms with E-state index in [-0.39, 0.29) is 22.6 Å². The van der Waals surface area contributed by atoms with Crippen molar-refractivity contribution in [2.45, 2.75) is 6.92 Å². The molecule has 0 aliphatic heterocycles. The smallest absolute Gasteiger partial charge is 0.247 e. The Kier molecular flexibility index (Phi) is 3.68. The molecule has 1 heterocycles. The number of benzene rings is 1. The molecule has 2 N–H and O–H groups in total. The Hall–Kier alpha value is -1.40. The summed E-state index contributed by atoms with van der Waals surface area (Å²) in [6, 6.07) is 4.32. The standard InChI is InChI=1S/C11H8BrClFN3O/c1-5-9(15)10(17-11(13)16-5)18-6-2-3-7(12)8(14)4-6/h2-4H,15H2,1H3. The van der Waals surface area contributed by atoms with Gasteiger partial charge in [0.15, 0.2) is 0 Å². The Labute approximate surface area is 116 Å². The molecule has 1 aromatic carbocycles. The summed E-state index contributed by atoms with van der Waals surface area (Å²) < 4.78 is 19.1. The van der Waals surface area contributed by atoms with Crippen LogP contribution in [0.4, 0.5) is 10.1 Å². The Balaban J connectivity index is 2.36. The van der Waals surface area contributed by atoms with Crippen LogP contribution >= 0.6 is 27.5 Å². The molecular weight excluding hydrogens is 324 g/mol. The molecule has 7 heteroatoms. The lowest BCUT2D eigenvalue weighted by molar-refractivity contribution is 0.458. The Bertz CT molecular complexity index is 609. The molecule has 0 saturated heterocycles. The van der Waals surface area contributed by atoms with Crippen LogP contribution < -0.4 is 10.5 Å². The summed E-state index contributed by atoms with van der Waals surface area (Å²) in [5, 5.41) is 0.0225. The van der Waals surface area contributed by atoms with E-state index in [1.807, 2.05) is 0 Å². The quantitative estimate of drug-likeness (QED) is 0.852. The van der Waals surface area contributed by atoms with Gasteiger partial charge in [-0.25, -0.2) is 9.37 Å². The fourth-order valence-electron chi connectivity index (χ4n) is 1.25. The number of ether oxygens (including phenoxy) is 1. The molecule has 0 spiro atoms. The van der Waals surface area contributed by atoms with Crippen LogP contribution in [0.2, 0.25) is 5.28 Å². The summed E-state index contributed by atoms with van der Waals surface area (Å²) in [6.07, 6.45) is 0. The maximum Gasteiger partial charge on any atom is 0.247 e. The number of nitrogens with zero attached hydrogens (tertiary/aromatic N) is 2. The summed E-state index contributed by atoms with van der Waals surface area (Å²) in [5.41, 5.74) is 6.52. The number of rotatable bonds is 2. The minimum absolute atomic E-state index is 0.0225. The van der Waals surface area contributed by atoms with Crippen LogP contribution in [0.15, 0.2) is 22.7 Å². The molecule has 0 aliphatic carbocycles. The normalized spacial score (nSPS) is 10.4. The molecule has 0 atom stereocenters. The zero-order valence-corrected chi connectivity index (χ0v) is 11.6. The van der Waals surface area contributed by atoms with E-state index in [4.69, 9.17) is 22.1 Å². The third-order valence-corrected chi connectivity index (χ3v) is 2.99. The van der Waals surface area contributed by atoms with Gasteiger partial charge >= 0.3 is 0 Å². The average Bonchev–Trinajstić information content (AvgIpc) is 2.30. The van der Waals surface area contributed by atoms with Gasteiger partial charge in [0.2, 0.25) is 11.2 Å². The monoisotopic (exact) mass is 331 g/mol. The van der Waals surface area contributed by atoms with Crippen LogP contribution in [-0.2, 0) is 0 Å². The predicted octanol–water partition coefficient (Wildman–Crippen LogP) is 3.71. The lowest BCUT2D eigenvalue weighted by Gasteiger charge is -2.09. The van der Waals surface area contributed by atoms with Gasteiger partial charge in [-0.1, -0.05) is 0 Å². The van der Waals surface area contributed by atoms with Crippen molar-refractivity contribution in [1.82, 2.24) is 9.97 Å². The van der Waals surface area contributed by atoms with Crippen LogP contribution in [0.5, 0.6) is 11.6 Å². The zero-order chi connectivity index (χ0) is 13.3. The number of hydrogen-bond donors (Lipinski definition) is 1. The molecule has 0 fully saturated rings. The van der Waals surface area contributed by atoms with Crippen LogP contribution in [0, 0.1) is 12.7 Å². The van der Waals surface area contributed by atoms with Gasteiger partial charge in [0.1, 0.15) is 17.3 Å². The molecule has 0 amide bonds. The number of halogens is 3. The first-order valence-electron chi connectivity index (χ1n) is 4.90. The van der Waals surface area contributed by atoms with E-state index >= 15 is 0 Å². The van der Waals surface area contributed by atoms with Crippen LogP contribution in [0.25, 0.3) is 0 Å². The fourth-order valence-corrected chi connectivity index (χ4v) is 1.70. The van der Waals surface area contributed by atoms with Crippen molar-refractivity contribution in [2.75, 3.05) is 5.73 Å². The number of hydrogen-bond acceptors (Lipinski definition) is 4. The Morgan fingerprint density at radius 2 is 2.11 bits per heavy atom. The highest BCUT2D eigenvalue weighted by molar-refractivity contribution is 9.10. The predicted molar refractivity (Wildman–Crippen MR) is 70.4 cm³/mol. The van der Waals surface area contributed by atoms with Gasteiger partial charge in [0.25, 0.3) is 0 Å². The summed E-state index contributed by atoms with van der Waals surface area (Å²) in [5.74, 6) is -0.0614.